The number of carbonyl (C=O) groups excluding carboxylic acids is 1. The summed E-state index contributed by atoms with van der Waals surface area (Å²) in [6.07, 6.45) is 0. The van der Waals surface area contributed by atoms with Crippen molar-refractivity contribution in [2.24, 2.45) is 0 Å². The first-order chi connectivity index (χ1) is 16.3. The fourth-order valence-corrected chi connectivity index (χ4v) is 4.78. The molecule has 0 fully saturated rings. The van der Waals surface area contributed by atoms with Crippen molar-refractivity contribution in [3.8, 4) is 0 Å². The quantitative estimate of drug-likeness (QED) is 0.265. The number of thioether (sulfide) groups is 1. The van der Waals surface area contributed by atoms with Crippen molar-refractivity contribution in [2.75, 3.05) is 0 Å². The van der Waals surface area contributed by atoms with Gasteiger partial charge in [0.05, 0.1) is 17.4 Å². The summed E-state index contributed by atoms with van der Waals surface area (Å²) in [7, 11) is 0. The maximum atomic E-state index is 13.4. The number of benzene rings is 3. The van der Waals surface area contributed by atoms with Gasteiger partial charge in [0.2, 0.25) is 0 Å². The molecule has 1 amide bonds. The summed E-state index contributed by atoms with van der Waals surface area (Å²) in [6.45, 7) is 4.11. The normalized spacial score (nSPS) is 11.2. The van der Waals surface area contributed by atoms with Crippen LogP contribution in [-0.2, 0) is 12.3 Å². The van der Waals surface area contributed by atoms with Crippen LogP contribution in [0, 0.1) is 5.82 Å². The van der Waals surface area contributed by atoms with Gasteiger partial charge in [0.15, 0.2) is 5.16 Å². The predicted octanol–water partition coefficient (Wildman–Crippen LogP) is 5.67. The average Bonchev–Trinajstić information content (AvgIpc) is 2.80. The Morgan fingerprint density at radius 3 is 2.56 bits per heavy atom. The monoisotopic (exact) mass is 495 g/mol. The Hall–Kier alpha value is -3.16. The van der Waals surface area contributed by atoms with E-state index >= 15 is 0 Å². The molecule has 1 heterocycles. The SMILES string of the molecule is CC(C)NC(=O)c1ccc(Cn2c(SCc3ccc(F)cc3Cl)nc3ccccc3c2=O)cc1. The first kappa shape index (κ1) is 24.0. The highest BCUT2D eigenvalue weighted by atomic mass is 35.5. The van der Waals surface area contributed by atoms with E-state index in [9.17, 15) is 14.0 Å². The molecule has 4 rings (SSSR count). The minimum atomic E-state index is -0.398. The number of para-hydroxylation sites is 1. The lowest BCUT2D eigenvalue weighted by molar-refractivity contribution is 0.0943. The molecule has 174 valence electrons. The van der Waals surface area contributed by atoms with Gasteiger partial charge in [0.1, 0.15) is 5.82 Å². The summed E-state index contributed by atoms with van der Waals surface area (Å²) in [6, 6.07) is 18.7. The maximum Gasteiger partial charge on any atom is 0.262 e. The summed E-state index contributed by atoms with van der Waals surface area (Å²) in [5.74, 6) is -0.110. The van der Waals surface area contributed by atoms with E-state index in [4.69, 9.17) is 16.6 Å². The molecule has 0 saturated heterocycles. The number of hydrogen-bond acceptors (Lipinski definition) is 4. The van der Waals surface area contributed by atoms with Crippen LogP contribution in [0.1, 0.15) is 35.3 Å². The number of halogens is 2. The number of hydrogen-bond donors (Lipinski definition) is 1. The Labute approximate surface area is 206 Å². The third kappa shape index (κ3) is 5.48. The molecule has 0 unspecified atom stereocenters. The molecule has 0 saturated carbocycles. The van der Waals surface area contributed by atoms with Gasteiger partial charge in [-0.1, -0.05) is 53.7 Å². The Bertz CT molecular complexity index is 1400. The van der Waals surface area contributed by atoms with E-state index in [0.717, 1.165) is 11.1 Å². The van der Waals surface area contributed by atoms with Crippen LogP contribution in [0.25, 0.3) is 10.9 Å². The van der Waals surface area contributed by atoms with Gasteiger partial charge in [-0.15, -0.1) is 0 Å². The van der Waals surface area contributed by atoms with Crippen LogP contribution in [0.5, 0.6) is 0 Å². The van der Waals surface area contributed by atoms with Gasteiger partial charge in [-0.25, -0.2) is 9.37 Å². The van der Waals surface area contributed by atoms with E-state index in [1.807, 2.05) is 38.1 Å². The highest BCUT2D eigenvalue weighted by Crippen LogP contribution is 2.27. The van der Waals surface area contributed by atoms with Crippen molar-refractivity contribution in [2.45, 2.75) is 37.3 Å². The molecule has 1 aromatic heterocycles. The van der Waals surface area contributed by atoms with Crippen molar-refractivity contribution in [3.05, 3.63) is 105 Å². The molecule has 0 aliphatic carbocycles. The van der Waals surface area contributed by atoms with Crippen LogP contribution >= 0.6 is 23.4 Å². The molecular formula is C26H23ClFN3O2S. The summed E-state index contributed by atoms with van der Waals surface area (Å²) < 4.78 is 15.0. The third-order valence-corrected chi connectivity index (χ3v) is 6.55. The molecule has 0 radical (unpaired) electrons. The summed E-state index contributed by atoms with van der Waals surface area (Å²) in [5.41, 5.74) is 2.63. The van der Waals surface area contributed by atoms with Crippen molar-refractivity contribution >= 4 is 40.2 Å². The van der Waals surface area contributed by atoms with E-state index in [-0.39, 0.29) is 17.5 Å². The largest absolute Gasteiger partial charge is 0.350 e. The topological polar surface area (TPSA) is 64.0 Å². The van der Waals surface area contributed by atoms with E-state index in [2.05, 4.69) is 5.32 Å². The molecule has 34 heavy (non-hydrogen) atoms. The van der Waals surface area contributed by atoms with Crippen molar-refractivity contribution in [1.29, 1.82) is 0 Å². The fraction of sp³-hybridized carbons (Fsp3) is 0.192. The lowest BCUT2D eigenvalue weighted by Crippen LogP contribution is -2.30. The molecule has 3 aromatic carbocycles. The molecular weight excluding hydrogens is 473 g/mol. The predicted molar refractivity (Wildman–Crippen MR) is 135 cm³/mol. The molecule has 0 aliphatic heterocycles. The van der Waals surface area contributed by atoms with E-state index in [1.54, 1.807) is 34.9 Å². The second kappa shape index (κ2) is 10.4. The zero-order valence-electron chi connectivity index (χ0n) is 18.7. The number of rotatable bonds is 7. The van der Waals surface area contributed by atoms with Crippen LogP contribution in [-0.4, -0.2) is 21.5 Å². The first-order valence-corrected chi connectivity index (χ1v) is 12.1. The molecule has 1 N–H and O–H groups in total. The van der Waals surface area contributed by atoms with Crippen molar-refractivity contribution < 1.29 is 9.18 Å². The fourth-order valence-electron chi connectivity index (χ4n) is 3.47. The minimum Gasteiger partial charge on any atom is -0.350 e. The number of aromatic nitrogens is 2. The summed E-state index contributed by atoms with van der Waals surface area (Å²) >= 11 is 7.55. The van der Waals surface area contributed by atoms with Gasteiger partial charge in [-0.3, -0.25) is 14.2 Å². The average molecular weight is 496 g/mol. The Morgan fingerprint density at radius 2 is 1.85 bits per heavy atom. The zero-order chi connectivity index (χ0) is 24.2. The molecule has 8 heteroatoms. The van der Waals surface area contributed by atoms with Crippen molar-refractivity contribution in [1.82, 2.24) is 14.9 Å². The third-order valence-electron chi connectivity index (χ3n) is 5.18. The summed E-state index contributed by atoms with van der Waals surface area (Å²) in [4.78, 5) is 30.3. The van der Waals surface area contributed by atoms with E-state index < -0.39 is 5.82 Å². The maximum absolute atomic E-state index is 13.4. The van der Waals surface area contributed by atoms with Crippen LogP contribution in [0.4, 0.5) is 4.39 Å². The number of nitrogens with one attached hydrogen (secondary N) is 1. The van der Waals surface area contributed by atoms with Crippen molar-refractivity contribution in [3.63, 3.8) is 0 Å². The molecule has 0 spiro atoms. The lowest BCUT2D eigenvalue weighted by Gasteiger charge is -2.14. The number of carbonyl (C=O) groups is 1. The standard InChI is InChI=1S/C26H23ClFN3O2S/c1-16(2)29-24(32)18-9-7-17(8-10-18)14-31-25(33)21-5-3-4-6-23(21)30-26(31)34-15-19-11-12-20(28)13-22(19)27/h3-13,16H,14-15H2,1-2H3,(H,29,32). The van der Waals surface area contributed by atoms with Gasteiger partial charge in [-0.05, 0) is 61.4 Å². The minimum absolute atomic E-state index is 0.0450. The number of fused-ring (bicyclic) bond motifs is 1. The zero-order valence-corrected chi connectivity index (χ0v) is 20.3. The van der Waals surface area contributed by atoms with Gasteiger partial charge in [0.25, 0.3) is 11.5 Å². The Kier molecular flexibility index (Phi) is 7.34. The second-order valence-corrected chi connectivity index (χ2v) is 9.50. The van der Waals surface area contributed by atoms with Crippen LogP contribution in [0.15, 0.2) is 76.7 Å². The number of amides is 1. The van der Waals surface area contributed by atoms with Gasteiger partial charge < -0.3 is 5.32 Å². The van der Waals surface area contributed by atoms with Gasteiger partial charge in [0, 0.05) is 22.4 Å². The number of nitrogens with zero attached hydrogens (tertiary/aromatic N) is 2. The molecule has 4 aromatic rings. The highest BCUT2D eigenvalue weighted by Gasteiger charge is 2.14. The van der Waals surface area contributed by atoms with Gasteiger partial charge >= 0.3 is 0 Å². The Balaban J connectivity index is 1.66. The summed E-state index contributed by atoms with van der Waals surface area (Å²) in [5, 5.41) is 4.26. The van der Waals surface area contributed by atoms with Crippen LogP contribution in [0.2, 0.25) is 5.02 Å². The highest BCUT2D eigenvalue weighted by molar-refractivity contribution is 7.98. The molecule has 5 nitrogen and oxygen atoms in total. The molecule has 0 bridgehead atoms. The van der Waals surface area contributed by atoms with Crippen LogP contribution < -0.4 is 10.9 Å². The molecule has 0 aliphatic rings. The van der Waals surface area contributed by atoms with Crippen LogP contribution in [0.3, 0.4) is 0 Å². The van der Waals surface area contributed by atoms with E-state index in [1.165, 1.54) is 23.9 Å². The molecule has 0 atom stereocenters. The smallest absolute Gasteiger partial charge is 0.262 e. The lowest BCUT2D eigenvalue weighted by atomic mass is 10.1. The van der Waals surface area contributed by atoms with Gasteiger partial charge in [-0.2, -0.15) is 0 Å². The second-order valence-electron chi connectivity index (χ2n) is 8.15. The van der Waals surface area contributed by atoms with E-state index in [0.29, 0.717) is 38.9 Å². The Morgan fingerprint density at radius 1 is 1.12 bits per heavy atom. The first-order valence-electron chi connectivity index (χ1n) is 10.8.